The Morgan fingerprint density at radius 2 is 2.16 bits per heavy atom. The molecule has 1 unspecified atom stereocenters. The van der Waals surface area contributed by atoms with Crippen molar-refractivity contribution in [2.45, 2.75) is 18.7 Å². The van der Waals surface area contributed by atoms with Crippen LogP contribution in [-0.2, 0) is 10.0 Å². The molecular weight excluding hydrogens is 270 g/mol. The Balaban J connectivity index is 3.22. The van der Waals surface area contributed by atoms with Crippen LogP contribution >= 0.6 is 0 Å². The smallest absolute Gasteiger partial charge is 0.258 e. The second-order valence-corrected chi connectivity index (χ2v) is 5.77. The van der Waals surface area contributed by atoms with Gasteiger partial charge in [-0.15, -0.1) is 0 Å². The van der Waals surface area contributed by atoms with Gasteiger partial charge in [0.2, 0.25) is 10.0 Å². The first-order valence-electron chi connectivity index (χ1n) is 5.43. The highest BCUT2D eigenvalue weighted by molar-refractivity contribution is 7.89. The molecule has 0 heterocycles. The number of hydrogen-bond donors (Lipinski definition) is 1. The van der Waals surface area contributed by atoms with Crippen LogP contribution in [0.15, 0.2) is 23.1 Å². The molecule has 0 radical (unpaired) electrons. The molecule has 1 atom stereocenters. The van der Waals surface area contributed by atoms with E-state index < -0.39 is 26.6 Å². The van der Waals surface area contributed by atoms with Gasteiger partial charge in [0, 0.05) is 12.6 Å². The van der Waals surface area contributed by atoms with E-state index in [1.54, 1.807) is 6.92 Å². The van der Waals surface area contributed by atoms with Gasteiger partial charge in [0.15, 0.2) is 4.90 Å². The molecule has 1 aromatic rings. The van der Waals surface area contributed by atoms with Gasteiger partial charge in [-0.25, -0.2) is 13.1 Å². The average molecular weight is 283 g/mol. The molecule has 0 spiro atoms. The second kappa shape index (κ2) is 5.77. The fourth-order valence-corrected chi connectivity index (χ4v) is 3.01. The van der Waals surface area contributed by atoms with Crippen molar-refractivity contribution in [2.75, 3.05) is 6.54 Å². The summed E-state index contributed by atoms with van der Waals surface area (Å²) in [5, 5.41) is 19.5. The number of rotatable bonds is 5. The minimum Gasteiger partial charge on any atom is -0.258 e. The second-order valence-electron chi connectivity index (χ2n) is 4.06. The minimum absolute atomic E-state index is 0.0929. The average Bonchev–Trinajstić information content (AvgIpc) is 2.35. The van der Waals surface area contributed by atoms with Crippen LogP contribution in [0.4, 0.5) is 5.69 Å². The molecule has 0 aliphatic carbocycles. The number of nitriles is 1. The Morgan fingerprint density at radius 1 is 1.53 bits per heavy atom. The molecule has 1 aromatic carbocycles. The molecule has 0 aliphatic rings. The third-order valence-electron chi connectivity index (χ3n) is 2.46. The highest BCUT2D eigenvalue weighted by Gasteiger charge is 2.27. The van der Waals surface area contributed by atoms with E-state index >= 15 is 0 Å². The Hall–Kier alpha value is -1.98. The van der Waals surface area contributed by atoms with Gasteiger partial charge in [-0.2, -0.15) is 5.26 Å². The first kappa shape index (κ1) is 15.1. The lowest BCUT2D eigenvalue weighted by Gasteiger charge is -2.10. The van der Waals surface area contributed by atoms with E-state index in [4.69, 9.17) is 5.26 Å². The molecule has 0 saturated heterocycles. The molecule has 0 aliphatic heterocycles. The van der Waals surface area contributed by atoms with Crippen molar-refractivity contribution in [2.24, 2.45) is 5.92 Å². The van der Waals surface area contributed by atoms with Gasteiger partial charge in [-0.1, -0.05) is 12.1 Å². The van der Waals surface area contributed by atoms with Crippen LogP contribution in [0, 0.1) is 34.3 Å². The summed E-state index contributed by atoms with van der Waals surface area (Å²) in [6, 6.07) is 5.92. The van der Waals surface area contributed by atoms with Crippen LogP contribution in [0.3, 0.4) is 0 Å². The largest absolute Gasteiger partial charge is 0.289 e. The Kier molecular flexibility index (Phi) is 4.58. The first-order chi connectivity index (χ1) is 8.79. The van der Waals surface area contributed by atoms with Crippen molar-refractivity contribution in [1.82, 2.24) is 4.72 Å². The van der Waals surface area contributed by atoms with Crippen molar-refractivity contribution in [3.63, 3.8) is 0 Å². The molecule has 0 amide bonds. The molecule has 19 heavy (non-hydrogen) atoms. The monoisotopic (exact) mass is 283 g/mol. The van der Waals surface area contributed by atoms with Crippen LogP contribution in [0.2, 0.25) is 0 Å². The van der Waals surface area contributed by atoms with Crippen LogP contribution in [0.1, 0.15) is 12.5 Å². The summed E-state index contributed by atoms with van der Waals surface area (Å²) in [4.78, 5) is 9.78. The van der Waals surface area contributed by atoms with Crippen LogP contribution in [0.5, 0.6) is 0 Å². The molecule has 102 valence electrons. The van der Waals surface area contributed by atoms with E-state index in [9.17, 15) is 18.5 Å². The molecule has 1 N–H and O–H groups in total. The molecule has 0 fully saturated rings. The zero-order valence-corrected chi connectivity index (χ0v) is 11.3. The van der Waals surface area contributed by atoms with Crippen LogP contribution in [0.25, 0.3) is 0 Å². The van der Waals surface area contributed by atoms with Gasteiger partial charge >= 0.3 is 0 Å². The lowest BCUT2D eigenvalue weighted by atomic mass is 10.2. The maximum atomic E-state index is 12.1. The number of nitrogens with one attached hydrogen (secondary N) is 1. The van der Waals surface area contributed by atoms with Gasteiger partial charge in [-0.3, -0.25) is 10.1 Å². The van der Waals surface area contributed by atoms with Crippen LogP contribution in [-0.4, -0.2) is 19.9 Å². The Bertz CT molecular complexity index is 634. The molecule has 0 bridgehead atoms. The molecule has 0 aromatic heterocycles. The summed E-state index contributed by atoms with van der Waals surface area (Å²) < 4.78 is 26.4. The number of nitro groups is 1. The standard InChI is InChI=1S/C11H13N3O4S/c1-8(6-12)7-13-19(17,18)11-9(2)4-3-5-10(11)14(15)16/h3-5,8,13H,7H2,1-2H3. The predicted octanol–water partition coefficient (Wildman–Crippen LogP) is 1.34. The Morgan fingerprint density at radius 3 is 2.68 bits per heavy atom. The number of hydrogen-bond acceptors (Lipinski definition) is 5. The Labute approximate surface area is 111 Å². The van der Waals surface area contributed by atoms with Crippen molar-refractivity contribution in [3.05, 3.63) is 33.9 Å². The zero-order valence-electron chi connectivity index (χ0n) is 10.5. The van der Waals surface area contributed by atoms with Gasteiger partial charge in [-0.05, 0) is 19.4 Å². The van der Waals surface area contributed by atoms with E-state index in [1.165, 1.54) is 19.1 Å². The fraction of sp³-hybridized carbons (Fsp3) is 0.364. The summed E-state index contributed by atoms with van der Waals surface area (Å²) >= 11 is 0. The highest BCUT2D eigenvalue weighted by Crippen LogP contribution is 2.26. The van der Waals surface area contributed by atoms with E-state index in [2.05, 4.69) is 4.72 Å². The number of benzene rings is 1. The third-order valence-corrected chi connectivity index (χ3v) is 4.07. The maximum Gasteiger partial charge on any atom is 0.289 e. The molecule has 7 nitrogen and oxygen atoms in total. The molecule has 0 saturated carbocycles. The summed E-state index contributed by atoms with van der Waals surface area (Å²) in [6.45, 7) is 2.94. The maximum absolute atomic E-state index is 12.1. The van der Waals surface area contributed by atoms with Crippen molar-refractivity contribution in [1.29, 1.82) is 5.26 Å². The first-order valence-corrected chi connectivity index (χ1v) is 6.91. The zero-order chi connectivity index (χ0) is 14.6. The minimum atomic E-state index is -4.01. The normalized spacial score (nSPS) is 12.7. The number of nitrogens with zero attached hydrogens (tertiary/aromatic N) is 2. The van der Waals surface area contributed by atoms with Crippen LogP contribution < -0.4 is 4.72 Å². The van der Waals surface area contributed by atoms with E-state index in [-0.39, 0.29) is 17.0 Å². The molecule has 8 heteroatoms. The van der Waals surface area contributed by atoms with Crippen molar-refractivity contribution in [3.8, 4) is 6.07 Å². The van der Waals surface area contributed by atoms with Gasteiger partial charge in [0.25, 0.3) is 5.69 Å². The highest BCUT2D eigenvalue weighted by atomic mass is 32.2. The topological polar surface area (TPSA) is 113 Å². The third kappa shape index (κ3) is 3.49. The molecule has 1 rings (SSSR count). The summed E-state index contributed by atoms with van der Waals surface area (Å²) in [5.41, 5.74) is -0.191. The predicted molar refractivity (Wildman–Crippen MR) is 67.8 cm³/mol. The van der Waals surface area contributed by atoms with E-state index in [1.807, 2.05) is 6.07 Å². The summed E-state index contributed by atoms with van der Waals surface area (Å²) in [7, 11) is -4.01. The number of nitro benzene ring substituents is 1. The quantitative estimate of drug-likeness (QED) is 0.647. The van der Waals surface area contributed by atoms with E-state index in [0.29, 0.717) is 0 Å². The summed E-state index contributed by atoms with van der Waals surface area (Å²) in [6.07, 6.45) is 0. The van der Waals surface area contributed by atoms with Gasteiger partial charge in [0.05, 0.1) is 16.9 Å². The molecular formula is C11H13N3O4S. The fourth-order valence-electron chi connectivity index (χ4n) is 1.48. The lowest BCUT2D eigenvalue weighted by molar-refractivity contribution is -0.387. The van der Waals surface area contributed by atoms with Crippen molar-refractivity contribution < 1.29 is 13.3 Å². The van der Waals surface area contributed by atoms with Gasteiger partial charge in [0.1, 0.15) is 0 Å². The lowest BCUT2D eigenvalue weighted by Crippen LogP contribution is -2.29. The summed E-state index contributed by atoms with van der Waals surface area (Å²) in [5.74, 6) is -0.516. The SMILES string of the molecule is Cc1cccc([N+](=O)[O-])c1S(=O)(=O)NCC(C)C#N. The van der Waals surface area contributed by atoms with Gasteiger partial charge < -0.3 is 0 Å². The van der Waals surface area contributed by atoms with E-state index in [0.717, 1.165) is 6.07 Å². The number of aryl methyl sites for hydroxylation is 1. The van der Waals surface area contributed by atoms with Crippen molar-refractivity contribution >= 4 is 15.7 Å². The number of sulfonamides is 1.